The first-order valence-corrected chi connectivity index (χ1v) is 6.72. The minimum absolute atomic E-state index is 0.129. The third kappa shape index (κ3) is 3.62. The molecular weight excluding hydrogens is 289 g/mol. The Morgan fingerprint density at radius 3 is 2.95 bits per heavy atom. The van der Waals surface area contributed by atoms with E-state index in [1.165, 1.54) is 17.6 Å². The van der Waals surface area contributed by atoms with E-state index in [0.717, 1.165) is 10.7 Å². The largest absolute Gasteiger partial charge is 0.377 e. The number of rotatable bonds is 5. The number of halogens is 2. The molecule has 0 aliphatic heterocycles. The lowest BCUT2D eigenvalue weighted by Crippen LogP contribution is -2.16. The van der Waals surface area contributed by atoms with Gasteiger partial charge in [0.15, 0.2) is 5.82 Å². The number of aromatic nitrogens is 2. The summed E-state index contributed by atoms with van der Waals surface area (Å²) < 4.78 is 22.5. The van der Waals surface area contributed by atoms with E-state index in [1.54, 1.807) is 19.2 Å². The summed E-state index contributed by atoms with van der Waals surface area (Å²) in [5.74, 6) is 0.238. The molecule has 0 unspecified atom stereocenters. The van der Waals surface area contributed by atoms with E-state index in [9.17, 15) is 4.39 Å². The molecule has 0 N–H and O–H groups in total. The summed E-state index contributed by atoms with van der Waals surface area (Å²) in [6, 6.07) is 4.77. The predicted molar refractivity (Wildman–Crippen MR) is 74.1 cm³/mol. The van der Waals surface area contributed by atoms with Crippen LogP contribution < -0.4 is 4.90 Å². The smallest absolute Gasteiger partial charge is 0.205 e. The third-order valence-electron chi connectivity index (χ3n) is 2.46. The van der Waals surface area contributed by atoms with Crippen LogP contribution in [0.15, 0.2) is 18.2 Å². The van der Waals surface area contributed by atoms with Gasteiger partial charge in [-0.3, -0.25) is 0 Å². The molecule has 1 aromatic heterocycles. The fourth-order valence-corrected chi connectivity index (χ4v) is 2.32. The van der Waals surface area contributed by atoms with Crippen molar-refractivity contribution >= 4 is 28.3 Å². The molecule has 7 heteroatoms. The lowest BCUT2D eigenvalue weighted by Gasteiger charge is -2.15. The van der Waals surface area contributed by atoms with Gasteiger partial charge in [0.1, 0.15) is 12.4 Å². The van der Waals surface area contributed by atoms with Gasteiger partial charge in [0, 0.05) is 32.2 Å². The monoisotopic (exact) mass is 301 g/mol. The van der Waals surface area contributed by atoms with Gasteiger partial charge >= 0.3 is 0 Å². The van der Waals surface area contributed by atoms with E-state index in [0.29, 0.717) is 19.0 Å². The van der Waals surface area contributed by atoms with Gasteiger partial charge in [0.25, 0.3) is 0 Å². The summed E-state index contributed by atoms with van der Waals surface area (Å²) >= 11 is 6.94. The van der Waals surface area contributed by atoms with Gasteiger partial charge in [-0.25, -0.2) is 9.37 Å². The second-order valence-corrected chi connectivity index (χ2v) is 5.17. The molecule has 0 amide bonds. The van der Waals surface area contributed by atoms with Crippen molar-refractivity contribution in [1.29, 1.82) is 0 Å². The van der Waals surface area contributed by atoms with E-state index in [4.69, 9.17) is 16.3 Å². The normalized spacial score (nSPS) is 10.7. The van der Waals surface area contributed by atoms with Crippen LogP contribution in [0.4, 0.5) is 9.52 Å². The van der Waals surface area contributed by atoms with E-state index in [-0.39, 0.29) is 5.02 Å². The third-order valence-corrected chi connectivity index (χ3v) is 3.64. The number of ether oxygens (including phenoxy) is 1. The van der Waals surface area contributed by atoms with Crippen LogP contribution in [0.5, 0.6) is 0 Å². The lowest BCUT2D eigenvalue weighted by molar-refractivity contribution is 0.179. The number of nitrogens with zero attached hydrogens (tertiary/aromatic N) is 3. The first kappa shape index (κ1) is 14.2. The van der Waals surface area contributed by atoms with Crippen LogP contribution in [-0.2, 0) is 17.9 Å². The highest BCUT2D eigenvalue weighted by molar-refractivity contribution is 7.09. The Morgan fingerprint density at radius 2 is 2.26 bits per heavy atom. The zero-order valence-electron chi connectivity index (χ0n) is 10.6. The Kier molecular flexibility index (Phi) is 4.68. The molecular formula is C12H13ClFN3OS. The number of anilines is 1. The van der Waals surface area contributed by atoms with Crippen molar-refractivity contribution in [2.45, 2.75) is 13.2 Å². The standard InChI is InChI=1S/C12H13ClFN3OS/c1-17(12-15-11(7-18-2)16-19-12)6-8-3-4-9(13)10(14)5-8/h3-5H,6-7H2,1-2H3. The van der Waals surface area contributed by atoms with Crippen LogP contribution >= 0.6 is 23.1 Å². The van der Waals surface area contributed by atoms with Crippen molar-refractivity contribution in [3.05, 3.63) is 40.4 Å². The zero-order valence-corrected chi connectivity index (χ0v) is 12.1. The van der Waals surface area contributed by atoms with E-state index in [2.05, 4.69) is 9.36 Å². The Labute approximate surface area is 120 Å². The molecule has 0 atom stereocenters. The second-order valence-electron chi connectivity index (χ2n) is 4.03. The molecule has 1 aromatic carbocycles. The van der Waals surface area contributed by atoms with Crippen molar-refractivity contribution in [3.8, 4) is 0 Å². The molecule has 0 aliphatic carbocycles. The number of hydrogen-bond donors (Lipinski definition) is 0. The van der Waals surface area contributed by atoms with Crippen LogP contribution in [0, 0.1) is 5.82 Å². The van der Waals surface area contributed by atoms with E-state index >= 15 is 0 Å². The summed E-state index contributed by atoms with van der Waals surface area (Å²) in [7, 11) is 3.48. The summed E-state index contributed by atoms with van der Waals surface area (Å²) in [4.78, 5) is 6.23. The Balaban J connectivity index is 2.06. The van der Waals surface area contributed by atoms with Gasteiger partial charge in [0.05, 0.1) is 5.02 Å². The van der Waals surface area contributed by atoms with Crippen molar-refractivity contribution in [3.63, 3.8) is 0 Å². The molecule has 0 radical (unpaired) electrons. The summed E-state index contributed by atoms with van der Waals surface area (Å²) in [5, 5.41) is 0.895. The topological polar surface area (TPSA) is 38.2 Å². The molecule has 0 fully saturated rings. The van der Waals surface area contributed by atoms with Crippen molar-refractivity contribution in [1.82, 2.24) is 9.36 Å². The molecule has 0 aliphatic rings. The maximum absolute atomic E-state index is 13.3. The van der Waals surface area contributed by atoms with Crippen LogP contribution in [0.3, 0.4) is 0 Å². The SMILES string of the molecule is COCc1nsc(N(C)Cc2ccc(Cl)c(F)c2)n1. The van der Waals surface area contributed by atoms with Gasteiger partial charge in [-0.2, -0.15) is 4.37 Å². The summed E-state index contributed by atoms with van der Waals surface area (Å²) in [5.41, 5.74) is 0.827. The van der Waals surface area contributed by atoms with Crippen LogP contribution in [0.1, 0.15) is 11.4 Å². The van der Waals surface area contributed by atoms with Gasteiger partial charge in [-0.1, -0.05) is 17.7 Å². The maximum atomic E-state index is 13.3. The number of methoxy groups -OCH3 is 1. The lowest BCUT2D eigenvalue weighted by atomic mass is 10.2. The molecule has 19 heavy (non-hydrogen) atoms. The van der Waals surface area contributed by atoms with E-state index < -0.39 is 5.82 Å². The second kappa shape index (κ2) is 6.27. The van der Waals surface area contributed by atoms with Crippen molar-refractivity contribution in [2.24, 2.45) is 0 Å². The fraction of sp³-hybridized carbons (Fsp3) is 0.333. The van der Waals surface area contributed by atoms with Gasteiger partial charge in [0.2, 0.25) is 5.13 Å². The molecule has 0 bridgehead atoms. The van der Waals surface area contributed by atoms with Gasteiger partial charge in [-0.15, -0.1) is 0 Å². The Bertz CT molecular complexity index is 564. The highest BCUT2D eigenvalue weighted by Crippen LogP contribution is 2.20. The predicted octanol–water partition coefficient (Wildman–Crippen LogP) is 3.11. The van der Waals surface area contributed by atoms with Crippen LogP contribution in [0.25, 0.3) is 0 Å². The quantitative estimate of drug-likeness (QED) is 0.850. The molecule has 0 saturated carbocycles. The van der Waals surface area contributed by atoms with Gasteiger partial charge < -0.3 is 9.64 Å². The molecule has 0 saturated heterocycles. The average Bonchev–Trinajstić information content (AvgIpc) is 2.83. The van der Waals surface area contributed by atoms with Crippen molar-refractivity contribution in [2.75, 3.05) is 19.1 Å². The Hall–Kier alpha value is -1.24. The minimum atomic E-state index is -0.412. The molecule has 2 aromatic rings. The molecule has 4 nitrogen and oxygen atoms in total. The van der Waals surface area contributed by atoms with Crippen LogP contribution in [0.2, 0.25) is 5.02 Å². The number of benzene rings is 1. The first-order chi connectivity index (χ1) is 9.10. The average molecular weight is 302 g/mol. The summed E-state index contributed by atoms with van der Waals surface area (Å²) in [6.07, 6.45) is 0. The van der Waals surface area contributed by atoms with E-state index in [1.807, 2.05) is 11.9 Å². The number of hydrogen-bond acceptors (Lipinski definition) is 5. The minimum Gasteiger partial charge on any atom is -0.377 e. The zero-order chi connectivity index (χ0) is 13.8. The molecule has 2 rings (SSSR count). The molecule has 1 heterocycles. The fourth-order valence-electron chi connectivity index (χ4n) is 1.57. The highest BCUT2D eigenvalue weighted by Gasteiger charge is 2.10. The van der Waals surface area contributed by atoms with Crippen molar-refractivity contribution < 1.29 is 9.13 Å². The first-order valence-electron chi connectivity index (χ1n) is 5.56. The molecule has 102 valence electrons. The Morgan fingerprint density at radius 1 is 1.47 bits per heavy atom. The van der Waals surface area contributed by atoms with Gasteiger partial charge in [-0.05, 0) is 17.7 Å². The highest BCUT2D eigenvalue weighted by atomic mass is 35.5. The van der Waals surface area contributed by atoms with Crippen LogP contribution in [-0.4, -0.2) is 23.5 Å². The molecule has 0 spiro atoms. The summed E-state index contributed by atoms with van der Waals surface area (Å²) in [6.45, 7) is 0.926. The maximum Gasteiger partial charge on any atom is 0.205 e.